The second kappa shape index (κ2) is 4.70. The van der Waals surface area contributed by atoms with E-state index < -0.39 is 26.5 Å². The van der Waals surface area contributed by atoms with Crippen LogP contribution in [0.2, 0.25) is 0 Å². The lowest BCUT2D eigenvalue weighted by atomic mass is 10.0. The van der Waals surface area contributed by atoms with E-state index in [0.717, 1.165) is 12.1 Å². The van der Waals surface area contributed by atoms with Crippen molar-refractivity contribution in [1.29, 1.82) is 0 Å². The molecule has 1 aromatic rings. The Hall–Kier alpha value is -1.01. The molecule has 0 fully saturated rings. The molecule has 0 atom stereocenters. The molecule has 0 saturated carbocycles. The third kappa shape index (κ3) is 4.05. The first-order valence-corrected chi connectivity index (χ1v) is 6.86. The molecule has 0 aliphatic heterocycles. The van der Waals surface area contributed by atoms with E-state index in [0.29, 0.717) is 0 Å². The van der Waals surface area contributed by atoms with Crippen molar-refractivity contribution in [2.45, 2.75) is 6.18 Å². The standard InChI is InChI=1S/C10H8ClF3O2S/c1-7(6-17(11,15)16)8-4-2-3-5-9(8)10(12,13)14/h2-5H,1,6H2. The topological polar surface area (TPSA) is 34.1 Å². The van der Waals surface area contributed by atoms with Gasteiger partial charge in [-0.3, -0.25) is 0 Å². The lowest BCUT2D eigenvalue weighted by Crippen LogP contribution is -2.10. The van der Waals surface area contributed by atoms with Crippen molar-refractivity contribution < 1.29 is 21.6 Å². The van der Waals surface area contributed by atoms with Gasteiger partial charge in [-0.25, -0.2) is 8.42 Å². The van der Waals surface area contributed by atoms with Crippen LogP contribution in [-0.4, -0.2) is 14.2 Å². The number of hydrogen-bond donors (Lipinski definition) is 0. The average molecular weight is 285 g/mol. The summed E-state index contributed by atoms with van der Waals surface area (Å²) < 4.78 is 59.5. The second-order valence-electron chi connectivity index (χ2n) is 3.33. The third-order valence-corrected chi connectivity index (χ3v) is 2.98. The van der Waals surface area contributed by atoms with Crippen molar-refractivity contribution in [3.05, 3.63) is 42.0 Å². The maximum Gasteiger partial charge on any atom is 0.416 e. The minimum atomic E-state index is -4.56. The molecule has 0 amide bonds. The molecule has 0 aromatic heterocycles. The summed E-state index contributed by atoms with van der Waals surface area (Å²) in [6.45, 7) is 3.32. The fourth-order valence-electron chi connectivity index (χ4n) is 1.32. The molecule has 7 heteroatoms. The number of benzene rings is 1. The molecule has 0 aliphatic carbocycles. The largest absolute Gasteiger partial charge is 0.416 e. The molecular formula is C10H8ClF3O2S. The van der Waals surface area contributed by atoms with E-state index in [1.165, 1.54) is 12.1 Å². The second-order valence-corrected chi connectivity index (χ2v) is 6.11. The molecule has 0 spiro atoms. The Balaban J connectivity index is 3.19. The van der Waals surface area contributed by atoms with E-state index in [9.17, 15) is 21.6 Å². The molecule has 1 aromatic carbocycles. The molecule has 0 aliphatic rings. The number of rotatable bonds is 3. The molecule has 0 bridgehead atoms. The van der Waals surface area contributed by atoms with E-state index in [4.69, 9.17) is 10.7 Å². The first-order chi connectivity index (χ1) is 7.61. The van der Waals surface area contributed by atoms with E-state index in [1.54, 1.807) is 0 Å². The zero-order chi connectivity index (χ0) is 13.3. The van der Waals surface area contributed by atoms with Gasteiger partial charge in [0.2, 0.25) is 9.05 Å². The first kappa shape index (κ1) is 14.1. The molecule has 1 rings (SSSR count). The summed E-state index contributed by atoms with van der Waals surface area (Å²) in [5.41, 5.74) is -1.37. The Morgan fingerprint density at radius 1 is 1.29 bits per heavy atom. The van der Waals surface area contributed by atoms with Crippen LogP contribution in [0.1, 0.15) is 11.1 Å². The third-order valence-electron chi connectivity index (χ3n) is 1.96. The van der Waals surface area contributed by atoms with Gasteiger partial charge in [0, 0.05) is 10.7 Å². The van der Waals surface area contributed by atoms with Crippen LogP contribution in [0, 0.1) is 0 Å². The summed E-state index contributed by atoms with van der Waals surface area (Å²) >= 11 is 0. The minimum absolute atomic E-state index is 0.187. The van der Waals surface area contributed by atoms with E-state index in [1.807, 2.05) is 0 Å². The van der Waals surface area contributed by atoms with E-state index >= 15 is 0 Å². The van der Waals surface area contributed by atoms with Crippen LogP contribution in [0.5, 0.6) is 0 Å². The summed E-state index contributed by atoms with van der Waals surface area (Å²) in [5, 5.41) is 0. The van der Waals surface area contributed by atoms with Crippen LogP contribution < -0.4 is 0 Å². The maximum absolute atomic E-state index is 12.6. The zero-order valence-electron chi connectivity index (χ0n) is 8.46. The lowest BCUT2D eigenvalue weighted by Gasteiger charge is -2.13. The highest BCUT2D eigenvalue weighted by Crippen LogP contribution is 2.34. The summed E-state index contributed by atoms with van der Waals surface area (Å²) in [6.07, 6.45) is -4.56. The van der Waals surface area contributed by atoms with Gasteiger partial charge < -0.3 is 0 Å². The van der Waals surface area contributed by atoms with Crippen molar-refractivity contribution in [3.8, 4) is 0 Å². The van der Waals surface area contributed by atoms with Gasteiger partial charge in [-0.2, -0.15) is 13.2 Å². The van der Waals surface area contributed by atoms with Gasteiger partial charge in [0.25, 0.3) is 0 Å². The molecule has 0 heterocycles. The predicted molar refractivity (Wildman–Crippen MR) is 60.1 cm³/mol. The van der Waals surface area contributed by atoms with E-state index in [-0.39, 0.29) is 11.1 Å². The average Bonchev–Trinajstić information content (AvgIpc) is 2.13. The molecule has 0 N–H and O–H groups in total. The highest BCUT2D eigenvalue weighted by Gasteiger charge is 2.33. The number of alkyl halides is 3. The van der Waals surface area contributed by atoms with Crippen molar-refractivity contribution in [1.82, 2.24) is 0 Å². The fraction of sp³-hybridized carbons (Fsp3) is 0.200. The van der Waals surface area contributed by atoms with Gasteiger partial charge in [-0.05, 0) is 17.2 Å². The predicted octanol–water partition coefficient (Wildman–Crippen LogP) is 3.29. The summed E-state index contributed by atoms with van der Waals surface area (Å²) in [6, 6.07) is 4.61. The summed E-state index contributed by atoms with van der Waals surface area (Å²) in [5.74, 6) is -0.721. The van der Waals surface area contributed by atoms with Gasteiger partial charge in [0.1, 0.15) is 0 Å². The van der Waals surface area contributed by atoms with Crippen molar-refractivity contribution >= 4 is 25.3 Å². The zero-order valence-corrected chi connectivity index (χ0v) is 10.0. The van der Waals surface area contributed by atoms with Crippen LogP contribution in [0.4, 0.5) is 13.2 Å². The van der Waals surface area contributed by atoms with E-state index in [2.05, 4.69) is 6.58 Å². The van der Waals surface area contributed by atoms with Gasteiger partial charge in [0.05, 0.1) is 11.3 Å². The molecule has 0 saturated heterocycles. The van der Waals surface area contributed by atoms with Crippen LogP contribution in [0.3, 0.4) is 0 Å². The fourth-order valence-corrected chi connectivity index (χ4v) is 2.29. The Morgan fingerprint density at radius 2 is 1.82 bits per heavy atom. The Morgan fingerprint density at radius 3 is 2.29 bits per heavy atom. The SMILES string of the molecule is C=C(CS(=O)(=O)Cl)c1ccccc1C(F)(F)F. The molecule has 2 nitrogen and oxygen atoms in total. The normalized spacial score (nSPS) is 12.5. The van der Waals surface area contributed by atoms with Gasteiger partial charge in [0.15, 0.2) is 0 Å². The highest BCUT2D eigenvalue weighted by atomic mass is 35.7. The molecular weight excluding hydrogens is 277 g/mol. The minimum Gasteiger partial charge on any atom is -0.212 e. The monoisotopic (exact) mass is 284 g/mol. The van der Waals surface area contributed by atoms with Gasteiger partial charge in [-0.15, -0.1) is 0 Å². The van der Waals surface area contributed by atoms with Crippen molar-refractivity contribution in [2.75, 3.05) is 5.75 Å². The van der Waals surface area contributed by atoms with Crippen LogP contribution >= 0.6 is 10.7 Å². The van der Waals surface area contributed by atoms with Crippen molar-refractivity contribution in [2.24, 2.45) is 0 Å². The summed E-state index contributed by atoms with van der Waals surface area (Å²) in [4.78, 5) is 0. The van der Waals surface area contributed by atoms with Crippen LogP contribution in [-0.2, 0) is 15.2 Å². The Kier molecular flexibility index (Phi) is 3.88. The van der Waals surface area contributed by atoms with Gasteiger partial charge in [-0.1, -0.05) is 24.8 Å². The Labute approximate surface area is 101 Å². The molecule has 0 radical (unpaired) electrons. The summed E-state index contributed by atoms with van der Waals surface area (Å²) in [7, 11) is 1.05. The molecule has 17 heavy (non-hydrogen) atoms. The van der Waals surface area contributed by atoms with Crippen LogP contribution in [0.15, 0.2) is 30.8 Å². The number of halogens is 4. The molecule has 94 valence electrons. The molecule has 0 unspecified atom stereocenters. The first-order valence-electron chi connectivity index (χ1n) is 4.38. The smallest absolute Gasteiger partial charge is 0.212 e. The van der Waals surface area contributed by atoms with Crippen LogP contribution in [0.25, 0.3) is 5.57 Å². The quantitative estimate of drug-likeness (QED) is 0.798. The van der Waals surface area contributed by atoms with Gasteiger partial charge >= 0.3 is 6.18 Å². The maximum atomic E-state index is 12.6. The van der Waals surface area contributed by atoms with Crippen molar-refractivity contribution in [3.63, 3.8) is 0 Å². The lowest BCUT2D eigenvalue weighted by molar-refractivity contribution is -0.137. The highest BCUT2D eigenvalue weighted by molar-refractivity contribution is 8.14. The Bertz CT molecular complexity index is 535. The number of hydrogen-bond acceptors (Lipinski definition) is 2.